The van der Waals surface area contributed by atoms with E-state index in [1.54, 1.807) is 0 Å². The zero-order valence-corrected chi connectivity index (χ0v) is 9.62. The largest absolute Gasteiger partial charge is 0.330 e. The molecule has 1 unspecified atom stereocenters. The summed E-state index contributed by atoms with van der Waals surface area (Å²) in [5.74, 6) is 0.241. The molecule has 3 nitrogen and oxygen atoms in total. The van der Waals surface area contributed by atoms with Crippen LogP contribution in [0.5, 0.6) is 0 Å². The van der Waals surface area contributed by atoms with E-state index in [1.165, 1.54) is 11.1 Å². The lowest BCUT2D eigenvalue weighted by Crippen LogP contribution is -2.30. The fourth-order valence-corrected chi connectivity index (χ4v) is 2.18. The highest BCUT2D eigenvalue weighted by atomic mass is 16.1. The predicted molar refractivity (Wildman–Crippen MR) is 65.3 cm³/mol. The van der Waals surface area contributed by atoms with Crippen LogP contribution < -0.4 is 11.1 Å². The second-order valence-electron chi connectivity index (χ2n) is 4.48. The maximum Gasteiger partial charge on any atom is 0.227 e. The fraction of sp³-hybridized carbons (Fsp3) is 0.462. The van der Waals surface area contributed by atoms with Crippen LogP contribution in [-0.4, -0.2) is 12.5 Å². The molecule has 1 aromatic carbocycles. The Morgan fingerprint density at radius 1 is 1.50 bits per heavy atom. The van der Waals surface area contributed by atoms with E-state index in [-0.39, 0.29) is 11.8 Å². The summed E-state index contributed by atoms with van der Waals surface area (Å²) in [6, 6.07) is 6.24. The summed E-state index contributed by atoms with van der Waals surface area (Å²) in [5.41, 5.74) is 8.88. The summed E-state index contributed by atoms with van der Waals surface area (Å²) in [5, 5.41) is 2.98. The van der Waals surface area contributed by atoms with Crippen LogP contribution in [0.4, 0.5) is 5.69 Å². The van der Waals surface area contributed by atoms with Crippen molar-refractivity contribution in [3.8, 4) is 0 Å². The Kier molecular flexibility index (Phi) is 3.25. The van der Waals surface area contributed by atoms with Gasteiger partial charge in [-0.05, 0) is 49.9 Å². The number of amides is 1. The number of carbonyl (C=O) groups excluding carboxylic acids is 1. The number of fused-ring (bicyclic) bond motifs is 1. The number of hydrogen-bond acceptors (Lipinski definition) is 2. The van der Waals surface area contributed by atoms with E-state index in [1.807, 2.05) is 13.0 Å². The molecule has 1 atom stereocenters. The lowest BCUT2D eigenvalue weighted by atomic mass is 9.89. The summed E-state index contributed by atoms with van der Waals surface area (Å²) >= 11 is 0. The minimum Gasteiger partial charge on any atom is -0.330 e. The number of benzene rings is 1. The molecule has 0 fully saturated rings. The molecule has 0 radical (unpaired) electrons. The van der Waals surface area contributed by atoms with Crippen molar-refractivity contribution in [1.82, 2.24) is 0 Å². The molecule has 1 aliphatic heterocycles. The van der Waals surface area contributed by atoms with Gasteiger partial charge >= 0.3 is 0 Å². The van der Waals surface area contributed by atoms with Gasteiger partial charge in [0.1, 0.15) is 0 Å². The predicted octanol–water partition coefficient (Wildman–Crippen LogP) is 1.84. The van der Waals surface area contributed by atoms with Gasteiger partial charge in [0.05, 0.1) is 0 Å². The smallest absolute Gasteiger partial charge is 0.227 e. The monoisotopic (exact) mass is 218 g/mol. The highest BCUT2D eigenvalue weighted by Gasteiger charge is 2.25. The van der Waals surface area contributed by atoms with Crippen molar-refractivity contribution in [3.05, 3.63) is 29.3 Å². The van der Waals surface area contributed by atoms with E-state index in [0.717, 1.165) is 24.9 Å². The summed E-state index contributed by atoms with van der Waals surface area (Å²) < 4.78 is 0. The average Bonchev–Trinajstić information content (AvgIpc) is 2.26. The molecule has 0 saturated carbocycles. The Bertz CT molecular complexity index is 401. The van der Waals surface area contributed by atoms with Crippen LogP contribution in [0.1, 0.15) is 24.0 Å². The molecular formula is C13H18N2O. The quantitative estimate of drug-likeness (QED) is 0.813. The number of nitrogens with two attached hydrogens (primary N) is 1. The molecule has 0 spiro atoms. The molecule has 1 aliphatic rings. The molecule has 3 N–H and O–H groups in total. The zero-order valence-electron chi connectivity index (χ0n) is 9.62. The van der Waals surface area contributed by atoms with E-state index in [2.05, 4.69) is 17.4 Å². The molecule has 1 heterocycles. The Morgan fingerprint density at radius 3 is 3.06 bits per heavy atom. The minimum atomic E-state index is 0.0961. The van der Waals surface area contributed by atoms with Crippen LogP contribution in [0, 0.1) is 12.8 Å². The normalized spacial score (nSPS) is 19.1. The van der Waals surface area contributed by atoms with Crippen molar-refractivity contribution in [2.75, 3.05) is 11.9 Å². The molecule has 0 aliphatic carbocycles. The molecule has 86 valence electrons. The van der Waals surface area contributed by atoms with Crippen molar-refractivity contribution in [2.45, 2.75) is 26.2 Å². The van der Waals surface area contributed by atoms with E-state index in [4.69, 9.17) is 5.73 Å². The third-order valence-electron chi connectivity index (χ3n) is 3.12. The highest BCUT2D eigenvalue weighted by Crippen LogP contribution is 2.28. The maximum absolute atomic E-state index is 11.8. The number of carbonyl (C=O) groups is 1. The minimum absolute atomic E-state index is 0.0961. The number of rotatable bonds is 3. The van der Waals surface area contributed by atoms with Gasteiger partial charge in [0.2, 0.25) is 5.91 Å². The van der Waals surface area contributed by atoms with Crippen molar-refractivity contribution in [3.63, 3.8) is 0 Å². The first-order chi connectivity index (χ1) is 7.70. The molecule has 2 rings (SSSR count). The standard InChI is InChI=1S/C13H18N2O/c1-9-4-5-10-8-11(3-2-6-14)13(16)15-12(10)7-9/h4-5,7,11H,2-3,6,8,14H2,1H3,(H,15,16). The van der Waals surface area contributed by atoms with Gasteiger partial charge in [-0.15, -0.1) is 0 Å². The van der Waals surface area contributed by atoms with Gasteiger partial charge in [0.25, 0.3) is 0 Å². The van der Waals surface area contributed by atoms with Gasteiger partial charge < -0.3 is 11.1 Å². The Balaban J connectivity index is 2.15. The Hall–Kier alpha value is -1.35. The van der Waals surface area contributed by atoms with Gasteiger partial charge in [-0.25, -0.2) is 0 Å². The first-order valence-corrected chi connectivity index (χ1v) is 5.81. The lowest BCUT2D eigenvalue weighted by molar-refractivity contribution is -0.120. The van der Waals surface area contributed by atoms with Gasteiger partial charge in [-0.2, -0.15) is 0 Å². The van der Waals surface area contributed by atoms with Crippen LogP contribution in [0.2, 0.25) is 0 Å². The van der Waals surface area contributed by atoms with E-state index >= 15 is 0 Å². The number of hydrogen-bond donors (Lipinski definition) is 2. The number of aryl methyl sites for hydroxylation is 1. The molecule has 1 aromatic rings. The number of anilines is 1. The number of nitrogens with one attached hydrogen (secondary N) is 1. The second kappa shape index (κ2) is 4.66. The van der Waals surface area contributed by atoms with Gasteiger partial charge in [0, 0.05) is 11.6 Å². The Morgan fingerprint density at radius 2 is 2.31 bits per heavy atom. The van der Waals surface area contributed by atoms with Crippen molar-refractivity contribution >= 4 is 11.6 Å². The molecule has 0 aromatic heterocycles. The first kappa shape index (κ1) is 11.1. The van der Waals surface area contributed by atoms with Gasteiger partial charge in [0.15, 0.2) is 0 Å². The van der Waals surface area contributed by atoms with Crippen LogP contribution >= 0.6 is 0 Å². The second-order valence-corrected chi connectivity index (χ2v) is 4.48. The first-order valence-electron chi connectivity index (χ1n) is 5.81. The van der Waals surface area contributed by atoms with E-state index in [0.29, 0.717) is 6.54 Å². The van der Waals surface area contributed by atoms with E-state index in [9.17, 15) is 4.79 Å². The Labute approximate surface area is 96.0 Å². The van der Waals surface area contributed by atoms with Crippen LogP contribution in [-0.2, 0) is 11.2 Å². The zero-order chi connectivity index (χ0) is 11.5. The van der Waals surface area contributed by atoms with E-state index < -0.39 is 0 Å². The van der Waals surface area contributed by atoms with Gasteiger partial charge in [-0.3, -0.25) is 4.79 Å². The maximum atomic E-state index is 11.8. The molecule has 0 saturated heterocycles. The summed E-state index contributed by atoms with van der Waals surface area (Å²) in [7, 11) is 0. The summed E-state index contributed by atoms with van der Waals surface area (Å²) in [4.78, 5) is 11.8. The van der Waals surface area contributed by atoms with Crippen LogP contribution in [0.15, 0.2) is 18.2 Å². The van der Waals surface area contributed by atoms with Crippen molar-refractivity contribution in [1.29, 1.82) is 0 Å². The topological polar surface area (TPSA) is 55.1 Å². The third-order valence-corrected chi connectivity index (χ3v) is 3.12. The SMILES string of the molecule is Cc1ccc2c(c1)NC(=O)C(CCCN)C2. The molecule has 0 bridgehead atoms. The highest BCUT2D eigenvalue weighted by molar-refractivity contribution is 5.95. The molecule has 16 heavy (non-hydrogen) atoms. The van der Waals surface area contributed by atoms with Crippen molar-refractivity contribution < 1.29 is 4.79 Å². The lowest BCUT2D eigenvalue weighted by Gasteiger charge is -2.24. The molecule has 1 amide bonds. The molecule has 3 heteroatoms. The third kappa shape index (κ3) is 2.25. The van der Waals surface area contributed by atoms with Gasteiger partial charge in [-0.1, -0.05) is 12.1 Å². The summed E-state index contributed by atoms with van der Waals surface area (Å²) in [6.07, 6.45) is 2.65. The van der Waals surface area contributed by atoms with Crippen LogP contribution in [0.25, 0.3) is 0 Å². The van der Waals surface area contributed by atoms with Crippen LogP contribution in [0.3, 0.4) is 0 Å². The molecular weight excluding hydrogens is 200 g/mol. The average molecular weight is 218 g/mol. The summed E-state index contributed by atoms with van der Waals surface area (Å²) in [6.45, 7) is 2.69. The van der Waals surface area contributed by atoms with Crippen molar-refractivity contribution in [2.24, 2.45) is 11.7 Å². The fourth-order valence-electron chi connectivity index (χ4n) is 2.18.